The van der Waals surface area contributed by atoms with Crippen LogP contribution in [0, 0.1) is 41.4 Å². The molecule has 21 N–H and O–H groups in total. The lowest BCUT2D eigenvalue weighted by Gasteiger charge is -2.23. The molecule has 38 heteroatoms. The average Bonchev–Trinajstić information content (AvgIpc) is 1.66. The maximum atomic E-state index is 14.6. The summed E-state index contributed by atoms with van der Waals surface area (Å²) in [5.74, 6) is -10.6. The molecule has 0 radical (unpaired) electrons. The van der Waals surface area contributed by atoms with E-state index in [0.29, 0.717) is 86.0 Å². The number of likely N-dealkylation sites (N-methyl/N-ethyl adjacent to an activating group) is 1. The van der Waals surface area contributed by atoms with Crippen LogP contribution in [0.2, 0.25) is 0 Å². The van der Waals surface area contributed by atoms with Gasteiger partial charge in [-0.3, -0.25) is 86.3 Å². The highest BCUT2D eigenvalue weighted by Crippen LogP contribution is 2.41. The fourth-order valence-electron chi connectivity index (χ4n) is 17.6. The van der Waals surface area contributed by atoms with E-state index >= 15 is 0 Å². The highest BCUT2D eigenvalue weighted by Gasteiger charge is 2.43. The van der Waals surface area contributed by atoms with Gasteiger partial charge in [0, 0.05) is 260 Å². The standard InChI is InChI=1S/C89H122N20O18/c1-91-59-13-6-52(37-59)83(121)95-28-21-72(110)102-61-15-5-49(36-61)80(118)71(90)48-79(117)109-68-45-58(70(47-68)89(127)101-34-27-77(115)107-66-20-12-55(43-66)86(124)98-31-24-74(112)104-63-17-9-51(40-63)82(120)94-4)35-57-44-67(108-78(116)25-32-99-87(125)56-10-18-64(41-56)105-75(113)22-29-96-84(122)53-7-14-60(38-53)92-2)46-69(57)88(126)100-33-26-76(114)106-65-19-11-54(42-65)85(123)97-30-23-73(111)103-62-16-8-50(39-62)81(119)93-3/h7-11,17,38-39,41-42,45,47,49,51-52,55,57-59,61,63,66-67,69,71,91-92H,5-6,12-16,18-37,40,43-44,46,48,90H2,1-4H3,(H,93,119)(H,94,120)(H,95,121)(H,96,122)(H,97,123)(H,98,124)(H,99,125)(H,100,126)(H,101,127)(H,102,110)(H,103,111)(H,104,112)(H,105,113)(H,106,114)(H,107,115)(H,108,116)(H,109,117). The Morgan fingerprint density at radius 1 is 0.370 bits per heavy atom. The molecule has 13 atom stereocenters. The van der Waals surface area contributed by atoms with Crippen molar-refractivity contribution in [3.05, 3.63) is 129 Å². The minimum Gasteiger partial charge on any atom is -0.391 e. The minimum atomic E-state index is -1.25. The summed E-state index contributed by atoms with van der Waals surface area (Å²) in [7, 11) is 6.67. The predicted molar refractivity (Wildman–Crippen MR) is 464 cm³/mol. The molecule has 0 spiro atoms. The third kappa shape index (κ3) is 29.8. The summed E-state index contributed by atoms with van der Waals surface area (Å²) in [6.45, 7) is -0.0902. The second kappa shape index (κ2) is 47.7. The molecular weight excluding hydrogens is 1640 g/mol. The van der Waals surface area contributed by atoms with E-state index < -0.39 is 95.4 Å². The normalized spacial score (nSPS) is 23.7. The van der Waals surface area contributed by atoms with Crippen molar-refractivity contribution < 1.29 is 86.3 Å². The first-order valence-electron chi connectivity index (χ1n) is 44.1. The van der Waals surface area contributed by atoms with Gasteiger partial charge in [0.2, 0.25) is 76.8 Å². The summed E-state index contributed by atoms with van der Waals surface area (Å²) >= 11 is 0. The summed E-state index contributed by atoms with van der Waals surface area (Å²) in [5.41, 5.74) is 10.5. The van der Waals surface area contributed by atoms with Crippen molar-refractivity contribution in [3.63, 3.8) is 0 Å². The maximum Gasteiger partial charge on any atom is 0.251 e. The van der Waals surface area contributed by atoms with E-state index in [2.05, 4.69) is 101 Å². The van der Waals surface area contributed by atoms with Crippen molar-refractivity contribution in [2.24, 2.45) is 47.2 Å². The molecule has 0 aromatic carbocycles. The Morgan fingerprint density at radius 2 is 0.787 bits per heavy atom. The fraction of sp³-hybridized carbons (Fsp3) is 0.551. The first kappa shape index (κ1) is 96.7. The van der Waals surface area contributed by atoms with Crippen LogP contribution in [0.1, 0.15) is 161 Å². The van der Waals surface area contributed by atoms with Crippen LogP contribution in [0.25, 0.3) is 0 Å². The number of nitrogens with one attached hydrogen (secondary N) is 19. The Hall–Kier alpha value is -12.5. The van der Waals surface area contributed by atoms with E-state index in [1.54, 1.807) is 68.8 Å². The molecule has 686 valence electrons. The fourth-order valence-corrected chi connectivity index (χ4v) is 17.6. The van der Waals surface area contributed by atoms with Gasteiger partial charge in [-0.25, -0.2) is 0 Å². The summed E-state index contributed by atoms with van der Waals surface area (Å²) in [6, 6.07) is -2.62. The van der Waals surface area contributed by atoms with E-state index in [9.17, 15) is 86.3 Å². The Bertz CT molecular complexity index is 4620. The number of allylic oxidation sites excluding steroid dienone is 6. The molecule has 38 nitrogen and oxygen atoms in total. The van der Waals surface area contributed by atoms with Crippen LogP contribution in [0.3, 0.4) is 0 Å². The number of carbonyl (C=O) groups excluding carboxylic acids is 18. The number of amides is 17. The van der Waals surface area contributed by atoms with Crippen LogP contribution in [0.15, 0.2) is 129 Å². The molecule has 13 unspecified atom stereocenters. The van der Waals surface area contributed by atoms with Gasteiger partial charge in [-0.15, -0.1) is 0 Å². The van der Waals surface area contributed by atoms with E-state index in [-0.39, 0.29) is 240 Å². The topological polar surface area (TPSA) is 562 Å². The van der Waals surface area contributed by atoms with Crippen molar-refractivity contribution in [2.75, 3.05) is 74.0 Å². The van der Waals surface area contributed by atoms with Crippen molar-refractivity contribution in [2.45, 2.75) is 197 Å². The van der Waals surface area contributed by atoms with Crippen LogP contribution in [0.4, 0.5) is 0 Å². The number of Topliss-reactive ketones (excluding diaryl/α,β-unsaturated/α-hetero) is 1. The van der Waals surface area contributed by atoms with Gasteiger partial charge < -0.3 is 107 Å². The molecular formula is C89H122N20O18. The molecule has 4 fully saturated rings. The van der Waals surface area contributed by atoms with Crippen LogP contribution >= 0.6 is 0 Å². The maximum absolute atomic E-state index is 14.6. The number of hydrogen-bond donors (Lipinski definition) is 20. The summed E-state index contributed by atoms with van der Waals surface area (Å²) in [6.07, 6.45) is 25.7. The van der Waals surface area contributed by atoms with Crippen LogP contribution in [-0.2, 0) is 86.3 Å². The highest BCUT2D eigenvalue weighted by atomic mass is 16.2. The quantitative estimate of drug-likeness (QED) is 0.0299. The molecule has 4 saturated carbocycles. The zero-order valence-electron chi connectivity index (χ0n) is 72.5. The second-order valence-electron chi connectivity index (χ2n) is 33.7. The van der Waals surface area contributed by atoms with Gasteiger partial charge in [-0.2, -0.15) is 0 Å². The van der Waals surface area contributed by atoms with Crippen molar-refractivity contribution in [1.29, 1.82) is 0 Å². The van der Waals surface area contributed by atoms with Gasteiger partial charge in [0.15, 0.2) is 5.78 Å². The van der Waals surface area contributed by atoms with Crippen molar-refractivity contribution in [3.8, 4) is 0 Å². The lowest BCUT2D eigenvalue weighted by Crippen LogP contribution is -2.40. The number of rotatable bonds is 46. The van der Waals surface area contributed by atoms with E-state index in [4.69, 9.17) is 5.73 Å². The molecule has 0 aliphatic heterocycles. The van der Waals surface area contributed by atoms with E-state index in [0.717, 1.165) is 25.0 Å². The monoisotopic (exact) mass is 1760 g/mol. The number of ketones is 1. The molecule has 10 rings (SSSR count). The SMILES string of the molecule is CNC(=O)C1=CCC(NC(=O)CCNC(=O)C2=CCC(NC(=O)CCNC(=O)C3CC(NC(=O)CCNC(=O)C4=CCC(NC(=O)CCNC(=O)C5=CCC(NC)=C5)=C4)CC3CC3C=C(NC(=O)CC(N)C(=O)C4CCC(NC(=O)CCNC(=O)C5CCC(NC)C5)C4)C=C3C(=O)NCCC(=O)NC3CCC(C(=O)NCCC(=O)NC4C=CC(C(=O)NC)C4)C3)=C2)=C1. The molecule has 0 heterocycles. The summed E-state index contributed by atoms with van der Waals surface area (Å²) in [4.78, 5) is 238. The van der Waals surface area contributed by atoms with Crippen LogP contribution < -0.4 is 107 Å². The average molecular weight is 1760 g/mol. The van der Waals surface area contributed by atoms with Gasteiger partial charge in [0.05, 0.1) is 12.0 Å². The lowest BCUT2D eigenvalue weighted by molar-refractivity contribution is -0.128. The lowest BCUT2D eigenvalue weighted by atomic mass is 9.84. The van der Waals surface area contributed by atoms with Crippen molar-refractivity contribution >= 4 is 106 Å². The minimum absolute atomic E-state index is 0.00142. The number of hydrogen-bond acceptors (Lipinski definition) is 21. The van der Waals surface area contributed by atoms with Gasteiger partial charge in [-0.1, -0.05) is 42.5 Å². The summed E-state index contributed by atoms with van der Waals surface area (Å²) in [5, 5.41) is 53.8. The van der Waals surface area contributed by atoms with Gasteiger partial charge in [0.25, 0.3) is 23.6 Å². The zero-order valence-corrected chi connectivity index (χ0v) is 72.5. The molecule has 0 aromatic rings. The largest absolute Gasteiger partial charge is 0.391 e. The molecule has 0 saturated heterocycles. The Kier molecular flexibility index (Phi) is 36.4. The molecule has 0 aromatic heterocycles. The molecule has 10 aliphatic carbocycles. The van der Waals surface area contributed by atoms with Gasteiger partial charge >= 0.3 is 0 Å². The Balaban J connectivity index is 0.749. The number of carbonyl (C=O) groups is 18. The third-order valence-electron chi connectivity index (χ3n) is 24.4. The predicted octanol–water partition coefficient (Wildman–Crippen LogP) is -1.79. The van der Waals surface area contributed by atoms with Crippen molar-refractivity contribution in [1.82, 2.24) is 101 Å². The molecule has 127 heavy (non-hydrogen) atoms. The molecule has 10 aliphatic rings. The van der Waals surface area contributed by atoms with E-state index in [1.807, 2.05) is 7.05 Å². The smallest absolute Gasteiger partial charge is 0.251 e. The van der Waals surface area contributed by atoms with Crippen LogP contribution in [0.5, 0.6) is 0 Å². The molecule has 17 amide bonds. The van der Waals surface area contributed by atoms with Crippen LogP contribution in [-0.4, -0.2) is 216 Å². The first-order chi connectivity index (χ1) is 61.0. The summed E-state index contributed by atoms with van der Waals surface area (Å²) < 4.78 is 0. The zero-order chi connectivity index (χ0) is 91.2. The first-order valence-corrected chi connectivity index (χ1v) is 44.1. The van der Waals surface area contributed by atoms with E-state index in [1.165, 1.54) is 25.3 Å². The third-order valence-corrected chi connectivity index (χ3v) is 24.4. The number of nitrogens with two attached hydrogens (primary N) is 1. The highest BCUT2D eigenvalue weighted by molar-refractivity contribution is 6.01. The van der Waals surface area contributed by atoms with Gasteiger partial charge in [-0.05, 0) is 127 Å². The van der Waals surface area contributed by atoms with Gasteiger partial charge in [0.1, 0.15) is 0 Å². The molecule has 0 bridgehead atoms. The second-order valence-corrected chi connectivity index (χ2v) is 33.7. The Morgan fingerprint density at radius 3 is 1.26 bits per heavy atom. The Labute approximate surface area is 737 Å².